The van der Waals surface area contributed by atoms with Crippen LogP contribution >= 0.6 is 22.9 Å². The van der Waals surface area contributed by atoms with Crippen molar-refractivity contribution in [2.75, 3.05) is 11.4 Å². The largest absolute Gasteiger partial charge is 0.461 e. The van der Waals surface area contributed by atoms with E-state index in [1.807, 2.05) is 44.1 Å². The molecule has 5 heterocycles. The number of hydrogen-bond donors (Lipinski definition) is 0. The lowest BCUT2D eigenvalue weighted by molar-refractivity contribution is 0.256. The molecule has 164 valence electrons. The molecule has 4 aromatic rings. The van der Waals surface area contributed by atoms with Crippen LogP contribution in [0.2, 0.25) is 5.28 Å². The zero-order chi connectivity index (χ0) is 22.2. The Morgan fingerprint density at radius 2 is 2.00 bits per heavy atom. The van der Waals surface area contributed by atoms with E-state index in [0.29, 0.717) is 28.5 Å². The zero-order valence-electron chi connectivity index (χ0n) is 17.5. The third-order valence-electron chi connectivity index (χ3n) is 4.85. The van der Waals surface area contributed by atoms with E-state index in [-0.39, 0.29) is 17.3 Å². The highest BCUT2D eigenvalue weighted by molar-refractivity contribution is 7.18. The molecular weight excluding hydrogens is 452 g/mol. The van der Waals surface area contributed by atoms with Crippen LogP contribution in [-0.2, 0) is 0 Å². The Bertz CT molecular complexity index is 1280. The van der Waals surface area contributed by atoms with Gasteiger partial charge in [-0.2, -0.15) is 4.98 Å². The number of fused-ring (bicyclic) bond motifs is 1. The van der Waals surface area contributed by atoms with E-state index in [0.717, 1.165) is 16.8 Å². The Kier molecular flexibility index (Phi) is 5.35. The molecule has 10 nitrogen and oxygen atoms in total. The second-order valence-corrected chi connectivity index (χ2v) is 8.74. The van der Waals surface area contributed by atoms with Gasteiger partial charge in [0.1, 0.15) is 6.10 Å². The Morgan fingerprint density at radius 3 is 2.66 bits per heavy atom. The average Bonchev–Trinajstić information content (AvgIpc) is 3.49. The summed E-state index contributed by atoms with van der Waals surface area (Å²) in [6, 6.07) is 0.483. The summed E-state index contributed by atoms with van der Waals surface area (Å²) in [5, 5.41) is 9.23. The highest BCUT2D eigenvalue weighted by Crippen LogP contribution is 2.28. The molecule has 0 amide bonds. The Balaban J connectivity index is 1.24. The molecule has 0 aromatic carbocycles. The molecule has 4 aromatic heterocycles. The molecule has 0 spiro atoms. The summed E-state index contributed by atoms with van der Waals surface area (Å²) in [7, 11) is 0. The van der Waals surface area contributed by atoms with Crippen molar-refractivity contribution < 1.29 is 9.26 Å². The molecule has 0 bridgehead atoms. The first-order valence-corrected chi connectivity index (χ1v) is 11.1. The Hall–Kier alpha value is -3.31. The van der Waals surface area contributed by atoms with Gasteiger partial charge >= 0.3 is 6.01 Å². The van der Waals surface area contributed by atoms with Crippen LogP contribution in [0.1, 0.15) is 32.5 Å². The Labute approximate surface area is 192 Å². The monoisotopic (exact) mass is 470 g/mol. The topological polar surface area (TPSA) is 107 Å². The van der Waals surface area contributed by atoms with Crippen LogP contribution in [0.25, 0.3) is 16.2 Å². The zero-order valence-corrected chi connectivity index (χ0v) is 19.1. The lowest BCUT2D eigenvalue weighted by Gasteiger charge is -2.21. The maximum Gasteiger partial charge on any atom is 0.328 e. The van der Waals surface area contributed by atoms with Crippen LogP contribution < -0.4 is 9.64 Å². The lowest BCUT2D eigenvalue weighted by Crippen LogP contribution is -2.23. The van der Waals surface area contributed by atoms with E-state index in [9.17, 15) is 0 Å². The molecule has 0 radical (unpaired) electrons. The van der Waals surface area contributed by atoms with Crippen molar-refractivity contribution in [1.29, 1.82) is 0 Å². The van der Waals surface area contributed by atoms with Crippen molar-refractivity contribution >= 4 is 33.9 Å². The lowest BCUT2D eigenvalue weighted by atomic mass is 10.1. The average molecular weight is 471 g/mol. The van der Waals surface area contributed by atoms with E-state index < -0.39 is 0 Å². The summed E-state index contributed by atoms with van der Waals surface area (Å²) in [4.78, 5) is 19.6. The highest BCUT2D eigenvalue weighted by atomic mass is 35.5. The summed E-state index contributed by atoms with van der Waals surface area (Å²) in [5.41, 5.74) is 2.53. The molecule has 0 N–H and O–H groups in total. The molecule has 0 saturated carbocycles. The summed E-state index contributed by atoms with van der Waals surface area (Å²) >= 11 is 7.11. The number of aromatic nitrogens is 7. The van der Waals surface area contributed by atoms with Gasteiger partial charge in [-0.25, -0.2) is 19.5 Å². The van der Waals surface area contributed by atoms with Gasteiger partial charge in [-0.1, -0.05) is 25.1 Å². The van der Waals surface area contributed by atoms with Gasteiger partial charge in [0.25, 0.3) is 5.19 Å². The van der Waals surface area contributed by atoms with Crippen molar-refractivity contribution in [1.82, 2.24) is 34.7 Å². The SMILES string of the molecule is CC(C)c1noc(N2C=CC([C@H](C)Oc3nn4cc(-c5cnc(Cl)nc5)nc4s3)=CC2)n1. The number of ether oxygens (including phenoxy) is 1. The number of hydrogen-bond acceptors (Lipinski definition) is 10. The fourth-order valence-electron chi connectivity index (χ4n) is 3.06. The van der Waals surface area contributed by atoms with Crippen LogP contribution in [0.4, 0.5) is 6.01 Å². The van der Waals surface area contributed by atoms with E-state index >= 15 is 0 Å². The highest BCUT2D eigenvalue weighted by Gasteiger charge is 2.20. The fraction of sp³-hybridized carbons (Fsp3) is 0.300. The van der Waals surface area contributed by atoms with E-state index in [1.54, 1.807) is 16.9 Å². The number of rotatable bonds is 6. The van der Waals surface area contributed by atoms with E-state index in [2.05, 4.69) is 36.3 Å². The maximum atomic E-state index is 6.05. The van der Waals surface area contributed by atoms with Gasteiger partial charge in [-0.05, 0) is 41.5 Å². The molecule has 1 aliphatic heterocycles. The molecule has 0 unspecified atom stereocenters. The number of nitrogens with zero attached hydrogens (tertiary/aromatic N) is 8. The molecule has 0 saturated heterocycles. The third kappa shape index (κ3) is 4.08. The van der Waals surface area contributed by atoms with Crippen molar-refractivity contribution in [3.05, 3.63) is 53.6 Å². The second kappa shape index (κ2) is 8.32. The first-order chi connectivity index (χ1) is 15.5. The minimum absolute atomic E-state index is 0.178. The minimum atomic E-state index is -0.178. The molecule has 1 aliphatic rings. The summed E-state index contributed by atoms with van der Waals surface area (Å²) in [6.07, 6.45) is 10.9. The molecular formula is C20H19ClN8O2S. The minimum Gasteiger partial charge on any atom is -0.461 e. The van der Waals surface area contributed by atoms with Crippen molar-refractivity contribution in [3.63, 3.8) is 0 Å². The standard InChI is InChI=1S/C20H19ClN8O2S/c1-11(2)16-25-18(31-27-16)28-6-4-13(5-7-28)12(3)30-20-26-29-10-15(24-19(29)32-20)14-8-22-17(21)23-9-14/h4-6,8-12H,7H2,1-3H3/t12-/m0/s1. The molecule has 0 fully saturated rings. The number of halogens is 1. The van der Waals surface area contributed by atoms with Crippen LogP contribution in [0.3, 0.4) is 0 Å². The Morgan fingerprint density at radius 1 is 1.19 bits per heavy atom. The van der Waals surface area contributed by atoms with E-state index in [4.69, 9.17) is 20.9 Å². The van der Waals surface area contributed by atoms with Gasteiger partial charge in [0.05, 0.1) is 11.9 Å². The van der Waals surface area contributed by atoms with Gasteiger partial charge in [0, 0.05) is 36.6 Å². The smallest absolute Gasteiger partial charge is 0.328 e. The maximum absolute atomic E-state index is 6.05. The molecule has 12 heteroatoms. The van der Waals surface area contributed by atoms with Crippen LogP contribution in [0, 0.1) is 0 Å². The summed E-state index contributed by atoms with van der Waals surface area (Å²) < 4.78 is 13.1. The van der Waals surface area contributed by atoms with Gasteiger partial charge in [0.15, 0.2) is 5.82 Å². The van der Waals surface area contributed by atoms with Gasteiger partial charge < -0.3 is 9.26 Å². The van der Waals surface area contributed by atoms with Crippen molar-refractivity contribution in [3.8, 4) is 16.5 Å². The molecule has 1 atom stereocenters. The summed E-state index contributed by atoms with van der Waals surface area (Å²) in [5.74, 6) is 0.913. The first kappa shape index (κ1) is 20.6. The van der Waals surface area contributed by atoms with Gasteiger partial charge in [-0.15, -0.1) is 5.10 Å². The quantitative estimate of drug-likeness (QED) is 0.384. The number of imidazole rings is 1. The third-order valence-corrected chi connectivity index (χ3v) is 5.86. The van der Waals surface area contributed by atoms with Crippen LogP contribution in [-0.4, -0.2) is 47.4 Å². The fourth-order valence-corrected chi connectivity index (χ4v) is 3.97. The van der Waals surface area contributed by atoms with Gasteiger partial charge in [0.2, 0.25) is 10.2 Å². The predicted octanol–water partition coefficient (Wildman–Crippen LogP) is 4.14. The van der Waals surface area contributed by atoms with Crippen molar-refractivity contribution in [2.45, 2.75) is 32.8 Å². The van der Waals surface area contributed by atoms with Crippen molar-refractivity contribution in [2.24, 2.45) is 0 Å². The van der Waals surface area contributed by atoms with Crippen LogP contribution in [0.15, 0.2) is 47.0 Å². The predicted molar refractivity (Wildman–Crippen MR) is 120 cm³/mol. The normalized spacial score (nSPS) is 14.9. The molecule has 0 aliphatic carbocycles. The van der Waals surface area contributed by atoms with Crippen LogP contribution in [0.5, 0.6) is 5.19 Å². The first-order valence-electron chi connectivity index (χ1n) is 9.95. The second-order valence-electron chi connectivity index (χ2n) is 7.48. The van der Waals surface area contributed by atoms with Gasteiger partial charge in [-0.3, -0.25) is 4.90 Å². The molecule has 5 rings (SSSR count). The van der Waals surface area contributed by atoms with E-state index in [1.165, 1.54) is 11.3 Å². The molecule has 32 heavy (non-hydrogen) atoms. The number of anilines is 1. The summed E-state index contributed by atoms with van der Waals surface area (Å²) in [6.45, 7) is 6.66.